The first kappa shape index (κ1) is 21.5. The van der Waals surface area contributed by atoms with Gasteiger partial charge in [0.2, 0.25) is 5.91 Å². The molecule has 0 radical (unpaired) electrons. The topological polar surface area (TPSA) is 76.9 Å². The molecule has 1 aromatic carbocycles. The van der Waals surface area contributed by atoms with Crippen molar-refractivity contribution in [2.45, 2.75) is 78.3 Å². The summed E-state index contributed by atoms with van der Waals surface area (Å²) < 4.78 is 1.49. The van der Waals surface area contributed by atoms with Gasteiger partial charge in [-0.3, -0.25) is 9.59 Å². The number of benzene rings is 1. The Hall–Kier alpha value is -2.24. The lowest BCUT2D eigenvalue weighted by Gasteiger charge is -2.28. The minimum Gasteiger partial charge on any atom is -0.353 e. The number of nitrogens with zero attached hydrogens (tertiary/aromatic N) is 3. The molecule has 1 amide bonds. The first-order chi connectivity index (χ1) is 13.9. The summed E-state index contributed by atoms with van der Waals surface area (Å²) >= 11 is 0. The van der Waals surface area contributed by atoms with E-state index in [1.165, 1.54) is 11.1 Å². The largest absolute Gasteiger partial charge is 0.353 e. The molecule has 0 aliphatic heterocycles. The van der Waals surface area contributed by atoms with Crippen molar-refractivity contribution >= 4 is 16.8 Å². The lowest BCUT2D eigenvalue weighted by Crippen LogP contribution is -2.39. The smallest absolute Gasteiger partial charge is 0.277 e. The number of carbonyl (C=O) groups is 1. The molecule has 29 heavy (non-hydrogen) atoms. The average molecular weight is 399 g/mol. The predicted octanol–water partition coefficient (Wildman–Crippen LogP) is 3.93. The molecule has 0 bridgehead atoms. The van der Waals surface area contributed by atoms with Crippen LogP contribution in [0.3, 0.4) is 0 Å². The van der Waals surface area contributed by atoms with Gasteiger partial charge in [0.1, 0.15) is 5.52 Å². The monoisotopic (exact) mass is 398 g/mol. The molecule has 1 unspecified atom stereocenters. The van der Waals surface area contributed by atoms with E-state index in [9.17, 15) is 9.59 Å². The number of carbonyl (C=O) groups excluding carboxylic acids is 1. The van der Waals surface area contributed by atoms with E-state index in [1.807, 2.05) is 18.2 Å². The average Bonchev–Trinajstić information content (AvgIpc) is 2.70. The molecule has 1 aliphatic rings. The van der Waals surface area contributed by atoms with Crippen molar-refractivity contribution < 1.29 is 4.79 Å². The van der Waals surface area contributed by atoms with Gasteiger partial charge < -0.3 is 5.32 Å². The van der Waals surface area contributed by atoms with Gasteiger partial charge in [0, 0.05) is 18.5 Å². The maximum Gasteiger partial charge on any atom is 0.277 e. The molecule has 0 saturated heterocycles. The van der Waals surface area contributed by atoms with E-state index >= 15 is 0 Å². The normalized spacial score (nSPS) is 20.7. The molecule has 6 heteroatoms. The van der Waals surface area contributed by atoms with Crippen LogP contribution in [0, 0.1) is 17.8 Å². The number of fused-ring (bicyclic) bond motifs is 1. The number of hydrogen-bond donors (Lipinski definition) is 1. The van der Waals surface area contributed by atoms with Crippen molar-refractivity contribution in [2.24, 2.45) is 17.8 Å². The third-order valence-electron chi connectivity index (χ3n) is 6.09. The summed E-state index contributed by atoms with van der Waals surface area (Å²) in [6, 6.07) is 7.56. The van der Waals surface area contributed by atoms with Crippen LogP contribution in [0.15, 0.2) is 29.1 Å². The Kier molecular flexibility index (Phi) is 7.40. The summed E-state index contributed by atoms with van der Waals surface area (Å²) in [6.45, 7) is 7.16. The second kappa shape index (κ2) is 9.99. The van der Waals surface area contributed by atoms with Crippen molar-refractivity contribution in [3.05, 3.63) is 34.6 Å². The van der Waals surface area contributed by atoms with Crippen molar-refractivity contribution in [1.82, 2.24) is 20.3 Å². The Morgan fingerprint density at radius 1 is 1.14 bits per heavy atom. The van der Waals surface area contributed by atoms with Gasteiger partial charge in [-0.15, -0.1) is 5.10 Å². The van der Waals surface area contributed by atoms with E-state index < -0.39 is 0 Å². The van der Waals surface area contributed by atoms with E-state index in [1.54, 1.807) is 6.07 Å². The molecule has 0 spiro atoms. The number of hydrogen-bond acceptors (Lipinski definition) is 4. The van der Waals surface area contributed by atoms with Gasteiger partial charge in [0.25, 0.3) is 5.56 Å². The first-order valence-electron chi connectivity index (χ1n) is 11.1. The lowest BCUT2D eigenvalue weighted by atomic mass is 9.81. The zero-order chi connectivity index (χ0) is 20.8. The number of amides is 1. The molecule has 6 nitrogen and oxygen atoms in total. The van der Waals surface area contributed by atoms with Gasteiger partial charge in [-0.1, -0.05) is 44.0 Å². The highest BCUT2D eigenvalue weighted by Gasteiger charge is 2.27. The van der Waals surface area contributed by atoms with E-state index in [4.69, 9.17) is 0 Å². The number of nitrogens with one attached hydrogen (secondary N) is 1. The second-order valence-corrected chi connectivity index (χ2v) is 9.05. The molecule has 1 N–H and O–H groups in total. The van der Waals surface area contributed by atoms with Crippen LogP contribution in [0.2, 0.25) is 0 Å². The van der Waals surface area contributed by atoms with Crippen LogP contribution in [0.1, 0.15) is 65.7 Å². The summed E-state index contributed by atoms with van der Waals surface area (Å²) in [7, 11) is 0. The zero-order valence-corrected chi connectivity index (χ0v) is 17.9. The number of rotatable bonds is 8. The summed E-state index contributed by atoms with van der Waals surface area (Å²) in [4.78, 5) is 25.2. The van der Waals surface area contributed by atoms with Crippen LogP contribution < -0.4 is 10.9 Å². The fourth-order valence-corrected chi connectivity index (χ4v) is 4.26. The van der Waals surface area contributed by atoms with Crippen molar-refractivity contribution in [1.29, 1.82) is 0 Å². The third-order valence-corrected chi connectivity index (χ3v) is 6.09. The summed E-state index contributed by atoms with van der Waals surface area (Å²) in [5, 5.41) is 12.1. The predicted molar refractivity (Wildman–Crippen MR) is 116 cm³/mol. The van der Waals surface area contributed by atoms with Crippen molar-refractivity contribution in [3.63, 3.8) is 0 Å². The molecule has 3 rings (SSSR count). The van der Waals surface area contributed by atoms with E-state index in [0.29, 0.717) is 29.3 Å². The highest BCUT2D eigenvalue weighted by Crippen LogP contribution is 2.30. The first-order valence-corrected chi connectivity index (χ1v) is 11.1. The molecule has 2 aromatic rings. The Bertz CT molecular complexity index is 869. The van der Waals surface area contributed by atoms with Gasteiger partial charge in [-0.2, -0.15) is 0 Å². The quantitative estimate of drug-likeness (QED) is 0.731. The zero-order valence-electron chi connectivity index (χ0n) is 17.9. The van der Waals surface area contributed by atoms with Gasteiger partial charge in [-0.25, -0.2) is 4.68 Å². The van der Waals surface area contributed by atoms with Crippen LogP contribution in [0.5, 0.6) is 0 Å². The fraction of sp³-hybridized carbons (Fsp3) is 0.652. The Labute approximate surface area is 173 Å². The molecule has 1 saturated carbocycles. The Morgan fingerprint density at radius 2 is 1.86 bits per heavy atom. The van der Waals surface area contributed by atoms with Crippen LogP contribution in [0.25, 0.3) is 10.9 Å². The summed E-state index contributed by atoms with van der Waals surface area (Å²) in [6.07, 6.45) is 7.07. The van der Waals surface area contributed by atoms with Crippen molar-refractivity contribution in [3.8, 4) is 0 Å². The molecule has 1 atom stereocenters. The van der Waals surface area contributed by atoms with Gasteiger partial charge in [0.05, 0.1) is 5.39 Å². The van der Waals surface area contributed by atoms with Crippen LogP contribution >= 0.6 is 0 Å². The standard InChI is InChI=1S/C23H34N4O2/c1-16(2)7-6-8-17(3)24-22(28)19-13-11-18(12-14-19)15-27-23(29)20-9-4-5-10-21(20)25-26-27/h4-5,9-10,16-19H,6-8,11-15H2,1-3H3,(H,24,28). The van der Waals surface area contributed by atoms with Gasteiger partial charge >= 0.3 is 0 Å². The lowest BCUT2D eigenvalue weighted by molar-refractivity contribution is -0.126. The van der Waals surface area contributed by atoms with Crippen LogP contribution in [-0.2, 0) is 11.3 Å². The summed E-state index contributed by atoms with van der Waals surface area (Å²) in [5.74, 6) is 1.38. The fourth-order valence-electron chi connectivity index (χ4n) is 4.26. The minimum absolute atomic E-state index is 0.0781. The molecule has 158 valence electrons. The molecular formula is C23H34N4O2. The molecule has 1 fully saturated rings. The molecule has 1 aromatic heterocycles. The van der Waals surface area contributed by atoms with Gasteiger partial charge in [-0.05, 0) is 63.0 Å². The van der Waals surface area contributed by atoms with E-state index in [0.717, 1.165) is 38.5 Å². The van der Waals surface area contributed by atoms with E-state index in [-0.39, 0.29) is 23.4 Å². The Morgan fingerprint density at radius 3 is 2.59 bits per heavy atom. The molecule has 1 heterocycles. The Balaban J connectivity index is 1.47. The highest BCUT2D eigenvalue weighted by molar-refractivity contribution is 5.79. The SMILES string of the molecule is CC(C)CCCC(C)NC(=O)C1CCC(Cn2nnc3ccccc3c2=O)CC1. The second-order valence-electron chi connectivity index (χ2n) is 9.05. The highest BCUT2D eigenvalue weighted by atomic mass is 16.2. The molecular weight excluding hydrogens is 364 g/mol. The minimum atomic E-state index is -0.0781. The van der Waals surface area contributed by atoms with E-state index in [2.05, 4.69) is 36.4 Å². The summed E-state index contributed by atoms with van der Waals surface area (Å²) in [5.41, 5.74) is 0.558. The van der Waals surface area contributed by atoms with Gasteiger partial charge in [0.15, 0.2) is 0 Å². The maximum atomic E-state index is 12.6. The third kappa shape index (κ3) is 5.87. The maximum absolute atomic E-state index is 12.6. The number of aromatic nitrogens is 3. The molecule has 1 aliphatic carbocycles. The van der Waals surface area contributed by atoms with Crippen LogP contribution in [0.4, 0.5) is 0 Å². The van der Waals surface area contributed by atoms with Crippen molar-refractivity contribution in [2.75, 3.05) is 0 Å². The van der Waals surface area contributed by atoms with Crippen LogP contribution in [-0.4, -0.2) is 26.9 Å².